The van der Waals surface area contributed by atoms with Crippen molar-refractivity contribution >= 4 is 35.5 Å². The number of carboxylic acids is 1. The number of carbonyl (C=O) groups excluding carboxylic acids is 3. The summed E-state index contributed by atoms with van der Waals surface area (Å²) in [5.41, 5.74) is 0.149. The molecule has 2 aliphatic rings. The third-order valence-corrected chi connectivity index (χ3v) is 5.47. The van der Waals surface area contributed by atoms with Gasteiger partial charge in [-0.3, -0.25) is 19.3 Å². The minimum atomic E-state index is -1.28. The van der Waals surface area contributed by atoms with E-state index in [9.17, 15) is 24.3 Å². The first kappa shape index (κ1) is 19.7. The van der Waals surface area contributed by atoms with Crippen molar-refractivity contribution in [1.29, 1.82) is 0 Å². The number of rotatable bonds is 7. The number of ether oxygens (including phenoxy) is 2. The number of benzene rings is 1. The number of para-hydroxylation sites is 1. The molecule has 2 N–H and O–H groups in total. The standard InChI is InChI=1S/C18H18N2O7S/c1-10(21)26-7-11-9-28-17-14(16(23)20(17)15(11)18(24)25)19-13(22)8-27-12-5-3-2-4-6-12/h2-6,14,17H,7-9H2,1H3,(H,19,22)(H,24,25)/t14-,17-/m1/s1. The van der Waals surface area contributed by atoms with Crippen molar-refractivity contribution in [1.82, 2.24) is 10.2 Å². The average Bonchev–Trinajstić information content (AvgIpc) is 2.68. The van der Waals surface area contributed by atoms with Gasteiger partial charge in [-0.25, -0.2) is 4.79 Å². The molecule has 0 spiro atoms. The highest BCUT2D eigenvalue weighted by molar-refractivity contribution is 8.00. The van der Waals surface area contributed by atoms with E-state index in [2.05, 4.69) is 5.32 Å². The van der Waals surface area contributed by atoms with Gasteiger partial charge in [-0.1, -0.05) is 18.2 Å². The Hall–Kier alpha value is -3.01. The van der Waals surface area contributed by atoms with Gasteiger partial charge in [0.2, 0.25) is 0 Å². The summed E-state index contributed by atoms with van der Waals surface area (Å²) in [6.45, 7) is 0.768. The number of hydrogen-bond donors (Lipinski definition) is 2. The van der Waals surface area contributed by atoms with Gasteiger partial charge < -0.3 is 19.9 Å². The second-order valence-electron chi connectivity index (χ2n) is 6.09. The summed E-state index contributed by atoms with van der Waals surface area (Å²) < 4.78 is 10.2. The van der Waals surface area contributed by atoms with Crippen LogP contribution in [0.2, 0.25) is 0 Å². The monoisotopic (exact) mass is 406 g/mol. The van der Waals surface area contributed by atoms with E-state index in [0.29, 0.717) is 11.3 Å². The van der Waals surface area contributed by atoms with E-state index < -0.39 is 35.2 Å². The minimum Gasteiger partial charge on any atom is -0.484 e. The third-order valence-electron chi connectivity index (χ3n) is 4.13. The lowest BCUT2D eigenvalue weighted by molar-refractivity contribution is -0.151. The molecule has 2 amide bonds. The lowest BCUT2D eigenvalue weighted by atomic mass is 10.0. The highest BCUT2D eigenvalue weighted by Gasteiger charge is 2.54. The topological polar surface area (TPSA) is 122 Å². The number of fused-ring (bicyclic) bond motifs is 1. The lowest BCUT2D eigenvalue weighted by Gasteiger charge is -2.49. The third kappa shape index (κ3) is 4.11. The van der Waals surface area contributed by atoms with Crippen LogP contribution in [-0.2, 0) is 23.9 Å². The van der Waals surface area contributed by atoms with Crippen molar-refractivity contribution in [2.75, 3.05) is 19.0 Å². The molecule has 28 heavy (non-hydrogen) atoms. The van der Waals surface area contributed by atoms with Crippen molar-refractivity contribution < 1.29 is 33.8 Å². The predicted octanol–water partition coefficient (Wildman–Crippen LogP) is 0.367. The van der Waals surface area contributed by atoms with E-state index in [0.717, 1.165) is 4.90 Å². The van der Waals surface area contributed by atoms with Crippen LogP contribution in [-0.4, -0.2) is 64.1 Å². The molecule has 0 aliphatic carbocycles. The number of nitrogens with one attached hydrogen (secondary N) is 1. The summed E-state index contributed by atoms with van der Waals surface area (Å²) in [6, 6.07) is 7.93. The van der Waals surface area contributed by atoms with E-state index in [1.54, 1.807) is 24.3 Å². The molecule has 10 heteroatoms. The molecule has 1 aromatic rings. The number of carbonyl (C=O) groups is 4. The number of carboxylic acid groups (broad SMARTS) is 1. The number of aliphatic carboxylic acids is 1. The zero-order valence-corrected chi connectivity index (χ0v) is 15.7. The predicted molar refractivity (Wildman–Crippen MR) is 98.3 cm³/mol. The Balaban J connectivity index is 1.62. The first-order valence-corrected chi connectivity index (χ1v) is 9.44. The van der Waals surface area contributed by atoms with Gasteiger partial charge in [0.15, 0.2) is 6.61 Å². The number of β-lactam (4-membered cyclic amide) rings is 1. The van der Waals surface area contributed by atoms with Gasteiger partial charge in [-0.05, 0) is 12.1 Å². The highest BCUT2D eigenvalue weighted by Crippen LogP contribution is 2.40. The molecular formula is C18H18N2O7S. The molecule has 1 fully saturated rings. The van der Waals surface area contributed by atoms with Crippen LogP contribution in [0.1, 0.15) is 6.92 Å². The van der Waals surface area contributed by atoms with Gasteiger partial charge in [0.1, 0.15) is 29.5 Å². The molecule has 0 radical (unpaired) electrons. The van der Waals surface area contributed by atoms with Crippen molar-refractivity contribution in [2.24, 2.45) is 0 Å². The highest BCUT2D eigenvalue weighted by atomic mass is 32.2. The molecule has 1 saturated heterocycles. The van der Waals surface area contributed by atoms with Crippen LogP contribution < -0.4 is 10.1 Å². The van der Waals surface area contributed by atoms with Crippen molar-refractivity contribution in [3.8, 4) is 5.75 Å². The van der Waals surface area contributed by atoms with Crippen LogP contribution in [0.5, 0.6) is 5.75 Å². The van der Waals surface area contributed by atoms with Gasteiger partial charge in [0, 0.05) is 18.2 Å². The zero-order valence-electron chi connectivity index (χ0n) is 14.9. The SMILES string of the molecule is CC(=O)OCC1=C(C(=O)O)N2C(=O)[C@@H](NC(=O)COc3ccccc3)[C@H]2SC1. The largest absolute Gasteiger partial charge is 0.484 e. The van der Waals surface area contributed by atoms with E-state index in [-0.39, 0.29) is 24.7 Å². The van der Waals surface area contributed by atoms with Gasteiger partial charge in [-0.2, -0.15) is 0 Å². The zero-order chi connectivity index (χ0) is 20.3. The molecule has 2 atom stereocenters. The number of amides is 2. The summed E-state index contributed by atoms with van der Waals surface area (Å²) >= 11 is 1.30. The molecule has 2 heterocycles. The van der Waals surface area contributed by atoms with Crippen LogP contribution in [0.3, 0.4) is 0 Å². The number of esters is 1. The summed E-state index contributed by atoms with van der Waals surface area (Å²) in [5.74, 6) is -2.02. The quantitative estimate of drug-likeness (QED) is 0.492. The molecule has 0 aromatic heterocycles. The molecular weight excluding hydrogens is 388 g/mol. The Morgan fingerprint density at radius 3 is 2.64 bits per heavy atom. The van der Waals surface area contributed by atoms with E-state index in [1.165, 1.54) is 18.7 Å². The van der Waals surface area contributed by atoms with Crippen LogP contribution in [0.4, 0.5) is 0 Å². The molecule has 0 bridgehead atoms. The summed E-state index contributed by atoms with van der Waals surface area (Å²) in [6.07, 6.45) is 0. The molecule has 3 rings (SSSR count). The van der Waals surface area contributed by atoms with Gasteiger partial charge in [0.25, 0.3) is 11.8 Å². The minimum absolute atomic E-state index is 0.192. The second-order valence-corrected chi connectivity index (χ2v) is 7.20. The Morgan fingerprint density at radius 2 is 2.00 bits per heavy atom. The summed E-state index contributed by atoms with van der Waals surface area (Å²) in [5, 5.41) is 11.5. The lowest BCUT2D eigenvalue weighted by Crippen LogP contribution is -2.71. The van der Waals surface area contributed by atoms with Crippen LogP contribution >= 0.6 is 11.8 Å². The van der Waals surface area contributed by atoms with Crippen molar-refractivity contribution in [2.45, 2.75) is 18.3 Å². The first-order chi connectivity index (χ1) is 13.4. The van der Waals surface area contributed by atoms with Crippen molar-refractivity contribution in [3.63, 3.8) is 0 Å². The van der Waals surface area contributed by atoms with Crippen molar-refractivity contribution in [3.05, 3.63) is 41.6 Å². The molecule has 0 saturated carbocycles. The number of nitrogens with zero attached hydrogens (tertiary/aromatic N) is 1. The smallest absolute Gasteiger partial charge is 0.352 e. The fraction of sp³-hybridized carbons (Fsp3) is 0.333. The summed E-state index contributed by atoms with van der Waals surface area (Å²) in [7, 11) is 0. The molecule has 9 nitrogen and oxygen atoms in total. The average molecular weight is 406 g/mol. The van der Waals surface area contributed by atoms with Gasteiger partial charge >= 0.3 is 11.9 Å². The normalized spacial score (nSPS) is 20.8. The molecule has 2 aliphatic heterocycles. The fourth-order valence-corrected chi connectivity index (χ4v) is 4.19. The Morgan fingerprint density at radius 1 is 1.29 bits per heavy atom. The maximum absolute atomic E-state index is 12.5. The molecule has 1 aromatic carbocycles. The van der Waals surface area contributed by atoms with Crippen LogP contribution in [0, 0.1) is 0 Å². The van der Waals surface area contributed by atoms with E-state index >= 15 is 0 Å². The molecule has 0 unspecified atom stereocenters. The number of hydrogen-bond acceptors (Lipinski definition) is 7. The first-order valence-electron chi connectivity index (χ1n) is 8.39. The van der Waals surface area contributed by atoms with Gasteiger partial charge in [0.05, 0.1) is 0 Å². The Kier molecular flexibility index (Phi) is 5.88. The van der Waals surface area contributed by atoms with E-state index in [4.69, 9.17) is 9.47 Å². The second kappa shape index (κ2) is 8.34. The maximum Gasteiger partial charge on any atom is 0.352 e. The Labute approximate surface area is 164 Å². The van der Waals surface area contributed by atoms with Gasteiger partial charge in [-0.15, -0.1) is 11.8 Å². The van der Waals surface area contributed by atoms with Crippen LogP contribution in [0.25, 0.3) is 0 Å². The molecule has 148 valence electrons. The maximum atomic E-state index is 12.5. The fourth-order valence-electron chi connectivity index (χ4n) is 2.86. The van der Waals surface area contributed by atoms with Crippen LogP contribution in [0.15, 0.2) is 41.6 Å². The van der Waals surface area contributed by atoms with E-state index in [1.807, 2.05) is 6.07 Å². The number of thioether (sulfide) groups is 1. The summed E-state index contributed by atoms with van der Waals surface area (Å²) in [4.78, 5) is 48.3. The Bertz CT molecular complexity index is 840.